The van der Waals surface area contributed by atoms with Crippen LogP contribution in [0.3, 0.4) is 0 Å². The van der Waals surface area contributed by atoms with Crippen LogP contribution in [0.5, 0.6) is 5.75 Å². The largest absolute Gasteiger partial charge is 0.494 e. The Bertz CT molecular complexity index is 1320. The molecule has 3 saturated heterocycles. The standard InChI is InChI=1S/C34H46N4O5S/c1-5-37(6-2)25-15-11-23(12-16-25)36-32(41)30-34-22(4)21-27(44-34)28(29(34)33(42)38(30)19-9-8-10-20-39)31(40)35-24-13-17-26(18-14-24)43-7-3/h11-18,22,27-30,39H,5-10,19-21H2,1-4H3,(H,35,40)(H,36,41)/t22?,27-,28+,29-,30?,34?/m0/s1. The van der Waals surface area contributed by atoms with Crippen LogP contribution in [-0.2, 0) is 14.4 Å². The van der Waals surface area contributed by atoms with Crippen molar-refractivity contribution < 1.29 is 24.2 Å². The number of amides is 3. The summed E-state index contributed by atoms with van der Waals surface area (Å²) in [6.45, 7) is 11.1. The molecule has 5 rings (SSSR count). The molecule has 3 unspecified atom stereocenters. The van der Waals surface area contributed by atoms with E-state index >= 15 is 0 Å². The zero-order valence-corrected chi connectivity index (χ0v) is 27.1. The average molecular weight is 623 g/mol. The minimum absolute atomic E-state index is 0.0400. The summed E-state index contributed by atoms with van der Waals surface area (Å²) in [7, 11) is 0. The number of nitrogens with one attached hydrogen (secondary N) is 2. The van der Waals surface area contributed by atoms with Crippen LogP contribution >= 0.6 is 11.8 Å². The first-order valence-electron chi connectivity index (χ1n) is 16.1. The number of aliphatic hydroxyl groups excluding tert-OH is 1. The fourth-order valence-corrected chi connectivity index (χ4v) is 9.93. The number of hydrogen-bond donors (Lipinski definition) is 3. The molecule has 6 atom stereocenters. The molecular formula is C34H46N4O5S. The molecule has 0 saturated carbocycles. The molecule has 2 aromatic carbocycles. The number of thioether (sulfide) groups is 1. The van der Waals surface area contributed by atoms with Crippen molar-refractivity contribution in [2.24, 2.45) is 17.8 Å². The maximum Gasteiger partial charge on any atom is 0.248 e. The molecule has 2 bridgehead atoms. The van der Waals surface area contributed by atoms with E-state index in [0.717, 1.165) is 37.4 Å². The number of nitrogens with zero attached hydrogens (tertiary/aromatic N) is 2. The second-order valence-corrected chi connectivity index (χ2v) is 13.6. The van der Waals surface area contributed by atoms with Gasteiger partial charge in [0.05, 0.1) is 23.2 Å². The van der Waals surface area contributed by atoms with Crippen LogP contribution in [0.4, 0.5) is 17.1 Å². The lowest BCUT2D eigenvalue weighted by molar-refractivity contribution is -0.138. The molecule has 1 spiro atoms. The summed E-state index contributed by atoms with van der Waals surface area (Å²) in [6, 6.07) is 14.4. The van der Waals surface area contributed by atoms with Crippen LogP contribution in [0.25, 0.3) is 0 Å². The van der Waals surface area contributed by atoms with Crippen LogP contribution in [0.2, 0.25) is 0 Å². The number of unbranched alkanes of at least 4 members (excludes halogenated alkanes) is 2. The molecule has 3 amide bonds. The monoisotopic (exact) mass is 622 g/mol. The highest BCUT2D eigenvalue weighted by Gasteiger charge is 2.75. The van der Waals surface area contributed by atoms with Gasteiger partial charge in [-0.15, -0.1) is 11.8 Å². The Morgan fingerprint density at radius 2 is 1.61 bits per heavy atom. The topological polar surface area (TPSA) is 111 Å². The molecular weight excluding hydrogens is 576 g/mol. The molecule has 2 aromatic rings. The number of hydrogen-bond acceptors (Lipinski definition) is 7. The highest BCUT2D eigenvalue weighted by atomic mass is 32.2. The van der Waals surface area contributed by atoms with Crippen molar-refractivity contribution >= 4 is 46.5 Å². The number of fused-ring (bicyclic) bond motifs is 1. The third kappa shape index (κ3) is 5.90. The fraction of sp³-hybridized carbons (Fsp3) is 0.559. The van der Waals surface area contributed by atoms with E-state index in [1.165, 1.54) is 0 Å². The van der Waals surface area contributed by atoms with E-state index in [0.29, 0.717) is 37.4 Å². The van der Waals surface area contributed by atoms with Gasteiger partial charge in [-0.05, 0) is 101 Å². The number of rotatable bonds is 14. The van der Waals surface area contributed by atoms with Crippen molar-refractivity contribution in [3.63, 3.8) is 0 Å². The van der Waals surface area contributed by atoms with Crippen LogP contribution in [-0.4, -0.2) is 76.6 Å². The first kappa shape index (κ1) is 32.2. The number of likely N-dealkylation sites (tertiary alicyclic amines) is 1. The molecule has 9 nitrogen and oxygen atoms in total. The van der Waals surface area contributed by atoms with E-state index in [4.69, 9.17) is 4.74 Å². The Kier molecular flexibility index (Phi) is 10.1. The van der Waals surface area contributed by atoms with Gasteiger partial charge in [-0.3, -0.25) is 14.4 Å². The third-order valence-corrected chi connectivity index (χ3v) is 11.6. The molecule has 3 aliphatic rings. The number of ether oxygens (including phenoxy) is 1. The summed E-state index contributed by atoms with van der Waals surface area (Å²) in [5.74, 6) is -0.779. The van der Waals surface area contributed by atoms with E-state index in [-0.39, 0.29) is 35.5 Å². The lowest BCUT2D eigenvalue weighted by Gasteiger charge is -2.38. The zero-order chi connectivity index (χ0) is 31.4. The molecule has 10 heteroatoms. The quantitative estimate of drug-likeness (QED) is 0.254. The van der Waals surface area contributed by atoms with Gasteiger partial charge in [0.25, 0.3) is 0 Å². The number of benzene rings is 2. The van der Waals surface area contributed by atoms with Crippen molar-refractivity contribution in [1.82, 2.24) is 4.90 Å². The minimum Gasteiger partial charge on any atom is -0.494 e. The van der Waals surface area contributed by atoms with Crippen LogP contribution in [0.15, 0.2) is 48.5 Å². The highest BCUT2D eigenvalue weighted by Crippen LogP contribution is 2.68. The SMILES string of the molecule is CCOc1ccc(NC(=O)[C@@H]2[C@@H]3CC(C)C4(S3)C(C(=O)Nc3ccc(N(CC)CC)cc3)N(CCCCCO)C(=O)[C@H]24)cc1. The molecule has 44 heavy (non-hydrogen) atoms. The zero-order valence-electron chi connectivity index (χ0n) is 26.3. The lowest BCUT2D eigenvalue weighted by atomic mass is 9.66. The molecule has 0 radical (unpaired) electrons. The lowest BCUT2D eigenvalue weighted by Crippen LogP contribution is -2.54. The summed E-state index contributed by atoms with van der Waals surface area (Å²) < 4.78 is 4.84. The van der Waals surface area contributed by atoms with Gasteiger partial charge in [0, 0.05) is 48.6 Å². The Hall–Kier alpha value is -3.24. The third-order valence-electron chi connectivity index (χ3n) is 9.55. The van der Waals surface area contributed by atoms with E-state index in [1.54, 1.807) is 16.7 Å². The average Bonchev–Trinajstić information content (AvgIpc) is 3.61. The van der Waals surface area contributed by atoms with Gasteiger partial charge in [0.15, 0.2) is 0 Å². The smallest absolute Gasteiger partial charge is 0.248 e. The van der Waals surface area contributed by atoms with Gasteiger partial charge >= 0.3 is 0 Å². The summed E-state index contributed by atoms with van der Waals surface area (Å²) in [5.41, 5.74) is 2.43. The predicted octanol–water partition coefficient (Wildman–Crippen LogP) is 5.01. The summed E-state index contributed by atoms with van der Waals surface area (Å²) in [5, 5.41) is 15.5. The first-order chi connectivity index (χ1) is 21.3. The second kappa shape index (κ2) is 13.8. The Labute approximate surface area is 265 Å². The minimum atomic E-state index is -0.690. The molecule has 3 aliphatic heterocycles. The van der Waals surface area contributed by atoms with Gasteiger partial charge in [-0.25, -0.2) is 0 Å². The van der Waals surface area contributed by atoms with Crippen molar-refractivity contribution in [1.29, 1.82) is 0 Å². The second-order valence-electron chi connectivity index (χ2n) is 12.0. The maximum absolute atomic E-state index is 14.3. The summed E-state index contributed by atoms with van der Waals surface area (Å²) >= 11 is 1.67. The number of anilines is 3. The van der Waals surface area contributed by atoms with Crippen molar-refractivity contribution in [2.75, 3.05) is 48.4 Å². The van der Waals surface area contributed by atoms with Gasteiger partial charge in [0.1, 0.15) is 11.8 Å². The fourth-order valence-electron chi connectivity index (χ4n) is 7.51. The number of carbonyl (C=O) groups excluding carboxylic acids is 3. The van der Waals surface area contributed by atoms with Crippen LogP contribution in [0.1, 0.15) is 53.4 Å². The maximum atomic E-state index is 14.3. The summed E-state index contributed by atoms with van der Waals surface area (Å²) in [6.07, 6.45) is 2.86. The van der Waals surface area contributed by atoms with E-state index in [2.05, 4.69) is 36.3 Å². The van der Waals surface area contributed by atoms with Crippen molar-refractivity contribution in [3.05, 3.63) is 48.5 Å². The molecule has 0 aliphatic carbocycles. The highest BCUT2D eigenvalue weighted by molar-refractivity contribution is 8.02. The number of aliphatic hydroxyl groups is 1. The number of carbonyl (C=O) groups is 3. The van der Waals surface area contributed by atoms with E-state index in [1.807, 2.05) is 55.5 Å². The molecule has 0 aromatic heterocycles. The van der Waals surface area contributed by atoms with Gasteiger partial charge < -0.3 is 30.3 Å². The molecule has 3 N–H and O–H groups in total. The van der Waals surface area contributed by atoms with Crippen LogP contribution in [0, 0.1) is 17.8 Å². The van der Waals surface area contributed by atoms with Gasteiger partial charge in [-0.2, -0.15) is 0 Å². The first-order valence-corrected chi connectivity index (χ1v) is 17.0. The Morgan fingerprint density at radius 1 is 0.977 bits per heavy atom. The van der Waals surface area contributed by atoms with E-state index in [9.17, 15) is 19.5 Å². The molecule has 238 valence electrons. The summed E-state index contributed by atoms with van der Waals surface area (Å²) in [4.78, 5) is 46.4. The predicted molar refractivity (Wildman–Crippen MR) is 176 cm³/mol. The van der Waals surface area contributed by atoms with Crippen molar-refractivity contribution in [3.8, 4) is 5.75 Å². The van der Waals surface area contributed by atoms with Gasteiger partial charge in [0.2, 0.25) is 17.7 Å². The van der Waals surface area contributed by atoms with E-state index < -0.39 is 22.6 Å². The Morgan fingerprint density at radius 3 is 2.23 bits per heavy atom. The Balaban J connectivity index is 1.41. The molecule has 3 heterocycles. The van der Waals surface area contributed by atoms with Crippen molar-refractivity contribution in [2.45, 2.75) is 69.4 Å². The van der Waals surface area contributed by atoms with Gasteiger partial charge in [-0.1, -0.05) is 6.92 Å². The van der Waals surface area contributed by atoms with Crippen LogP contribution < -0.4 is 20.3 Å². The normalized spacial score (nSPS) is 26.9. The molecule has 3 fully saturated rings.